The number of benzene rings is 1. The maximum absolute atomic E-state index is 8.73. The minimum Gasteiger partial charge on any atom is -0.244 e. The van der Waals surface area contributed by atoms with Crippen molar-refractivity contribution in [2.24, 2.45) is 0 Å². The van der Waals surface area contributed by atoms with Crippen LogP contribution in [-0.2, 0) is 0 Å². The van der Waals surface area contributed by atoms with Crippen LogP contribution in [0.5, 0.6) is 0 Å². The molecular weight excluding hydrogens is 150 g/mol. The monoisotopic (exact) mass is 155 g/mol. The lowest BCUT2D eigenvalue weighted by Crippen LogP contribution is -1.84. The molecule has 2 rings (SSSR count). The van der Waals surface area contributed by atoms with Gasteiger partial charge in [-0.1, -0.05) is 12.1 Å². The molecule has 2 aromatic rings. The van der Waals surface area contributed by atoms with Crippen molar-refractivity contribution in [3.05, 3.63) is 36.3 Å². The second-order valence-electron chi connectivity index (χ2n) is 2.38. The molecule has 0 bridgehead atoms. The molecule has 3 nitrogen and oxygen atoms in total. The van der Waals surface area contributed by atoms with Gasteiger partial charge in [0.25, 0.3) is 0 Å². The fourth-order valence-electron chi connectivity index (χ4n) is 1.10. The molecule has 0 unspecified atom stereocenters. The summed E-state index contributed by atoms with van der Waals surface area (Å²) in [6, 6.07) is 7.53. The highest BCUT2D eigenvalue weighted by atomic mass is 14.8. The highest BCUT2D eigenvalue weighted by Crippen LogP contribution is 2.12. The average molecular weight is 155 g/mol. The van der Waals surface area contributed by atoms with Crippen LogP contribution in [0.15, 0.2) is 30.7 Å². The van der Waals surface area contributed by atoms with E-state index < -0.39 is 0 Å². The first kappa shape index (κ1) is 6.74. The molecule has 1 heterocycles. The molecule has 0 aliphatic heterocycles. The maximum Gasteiger partial charge on any atom is 0.116 e. The zero-order chi connectivity index (χ0) is 8.39. The van der Waals surface area contributed by atoms with E-state index in [2.05, 4.69) is 16.0 Å². The fourth-order valence-corrected chi connectivity index (χ4v) is 1.10. The van der Waals surface area contributed by atoms with Crippen molar-refractivity contribution in [3.63, 3.8) is 0 Å². The van der Waals surface area contributed by atoms with Gasteiger partial charge in [-0.3, -0.25) is 0 Å². The molecule has 0 saturated heterocycles. The molecule has 12 heavy (non-hydrogen) atoms. The minimum absolute atomic E-state index is 0.592. The SMILES string of the molecule is N#Cc1cccc2cncnc12. The maximum atomic E-state index is 8.73. The van der Waals surface area contributed by atoms with Crippen LogP contribution in [0.25, 0.3) is 10.9 Å². The summed E-state index contributed by atoms with van der Waals surface area (Å²) in [4.78, 5) is 7.89. The summed E-state index contributed by atoms with van der Waals surface area (Å²) in [5.74, 6) is 0. The van der Waals surface area contributed by atoms with Crippen LogP contribution in [0, 0.1) is 11.3 Å². The molecule has 0 spiro atoms. The van der Waals surface area contributed by atoms with Gasteiger partial charge in [-0.05, 0) is 6.07 Å². The third kappa shape index (κ3) is 0.903. The first-order chi connectivity index (χ1) is 5.92. The second-order valence-corrected chi connectivity index (χ2v) is 2.38. The Balaban J connectivity index is 2.91. The number of nitrogens with zero attached hydrogens (tertiary/aromatic N) is 3. The van der Waals surface area contributed by atoms with E-state index in [1.807, 2.05) is 12.1 Å². The van der Waals surface area contributed by atoms with Gasteiger partial charge in [-0.25, -0.2) is 9.97 Å². The molecule has 0 atom stereocenters. The van der Waals surface area contributed by atoms with Gasteiger partial charge in [0.1, 0.15) is 12.4 Å². The number of nitriles is 1. The molecule has 0 amide bonds. The predicted octanol–water partition coefficient (Wildman–Crippen LogP) is 1.50. The molecule has 0 fully saturated rings. The Bertz CT molecular complexity index is 451. The standard InChI is InChI=1S/C9H5N3/c10-4-7-2-1-3-8-5-11-6-12-9(7)8/h1-3,5-6H. The molecule has 1 aromatic carbocycles. The third-order valence-corrected chi connectivity index (χ3v) is 1.65. The van der Waals surface area contributed by atoms with Crippen molar-refractivity contribution in [2.45, 2.75) is 0 Å². The largest absolute Gasteiger partial charge is 0.244 e. The summed E-state index contributed by atoms with van der Waals surface area (Å²) < 4.78 is 0. The van der Waals surface area contributed by atoms with Gasteiger partial charge in [0.05, 0.1) is 11.1 Å². The van der Waals surface area contributed by atoms with Crippen molar-refractivity contribution in [1.82, 2.24) is 9.97 Å². The zero-order valence-corrected chi connectivity index (χ0v) is 6.23. The molecular formula is C9H5N3. The van der Waals surface area contributed by atoms with Crippen molar-refractivity contribution in [3.8, 4) is 6.07 Å². The average Bonchev–Trinajstić information content (AvgIpc) is 2.17. The molecule has 3 heteroatoms. The zero-order valence-electron chi connectivity index (χ0n) is 6.23. The number of fused-ring (bicyclic) bond motifs is 1. The van der Waals surface area contributed by atoms with Crippen LogP contribution in [-0.4, -0.2) is 9.97 Å². The second kappa shape index (κ2) is 2.59. The van der Waals surface area contributed by atoms with Crippen LogP contribution >= 0.6 is 0 Å². The molecule has 0 N–H and O–H groups in total. The Morgan fingerprint density at radius 2 is 2.25 bits per heavy atom. The van der Waals surface area contributed by atoms with Gasteiger partial charge in [-0.15, -0.1) is 0 Å². The van der Waals surface area contributed by atoms with Gasteiger partial charge in [0.2, 0.25) is 0 Å². The number of hydrogen-bond acceptors (Lipinski definition) is 3. The highest BCUT2D eigenvalue weighted by molar-refractivity contribution is 5.82. The first-order valence-electron chi connectivity index (χ1n) is 3.50. The Morgan fingerprint density at radius 3 is 3.08 bits per heavy atom. The fraction of sp³-hybridized carbons (Fsp3) is 0. The van der Waals surface area contributed by atoms with Crippen molar-refractivity contribution in [1.29, 1.82) is 5.26 Å². The van der Waals surface area contributed by atoms with E-state index in [4.69, 9.17) is 5.26 Å². The lowest BCUT2D eigenvalue weighted by Gasteiger charge is -1.95. The van der Waals surface area contributed by atoms with E-state index in [1.165, 1.54) is 6.33 Å². The summed E-state index contributed by atoms with van der Waals surface area (Å²) >= 11 is 0. The van der Waals surface area contributed by atoms with Gasteiger partial charge < -0.3 is 0 Å². The molecule has 1 aromatic heterocycles. The molecule has 0 aliphatic carbocycles. The quantitative estimate of drug-likeness (QED) is 0.579. The number of hydrogen-bond donors (Lipinski definition) is 0. The summed E-state index contributed by atoms with van der Waals surface area (Å²) in [7, 11) is 0. The van der Waals surface area contributed by atoms with Gasteiger partial charge in [0.15, 0.2) is 0 Å². The first-order valence-corrected chi connectivity index (χ1v) is 3.50. The Morgan fingerprint density at radius 1 is 1.33 bits per heavy atom. The van der Waals surface area contributed by atoms with E-state index in [9.17, 15) is 0 Å². The molecule has 0 aliphatic rings. The van der Waals surface area contributed by atoms with Crippen LogP contribution in [0.4, 0.5) is 0 Å². The molecule has 0 radical (unpaired) electrons. The van der Waals surface area contributed by atoms with E-state index >= 15 is 0 Å². The van der Waals surface area contributed by atoms with Gasteiger partial charge in [0, 0.05) is 11.6 Å². The minimum atomic E-state index is 0.592. The Kier molecular flexibility index (Phi) is 1.45. The van der Waals surface area contributed by atoms with E-state index in [1.54, 1.807) is 12.3 Å². The molecule has 0 saturated carbocycles. The topological polar surface area (TPSA) is 49.6 Å². The summed E-state index contributed by atoms with van der Waals surface area (Å²) in [6.07, 6.45) is 3.15. The number of aromatic nitrogens is 2. The highest BCUT2D eigenvalue weighted by Gasteiger charge is 1.98. The Hall–Kier alpha value is -1.95. The van der Waals surface area contributed by atoms with Crippen LogP contribution in [0.2, 0.25) is 0 Å². The predicted molar refractivity (Wildman–Crippen MR) is 44.3 cm³/mol. The van der Waals surface area contributed by atoms with Crippen LogP contribution in [0.3, 0.4) is 0 Å². The summed E-state index contributed by atoms with van der Waals surface area (Å²) in [6.45, 7) is 0. The van der Waals surface area contributed by atoms with E-state index in [0.29, 0.717) is 5.56 Å². The van der Waals surface area contributed by atoms with Crippen molar-refractivity contribution >= 4 is 10.9 Å². The van der Waals surface area contributed by atoms with E-state index in [0.717, 1.165) is 10.9 Å². The summed E-state index contributed by atoms with van der Waals surface area (Å²) in [5.41, 5.74) is 1.31. The Labute approximate surface area is 69.3 Å². The normalized spacial score (nSPS) is 9.58. The van der Waals surface area contributed by atoms with Crippen LogP contribution < -0.4 is 0 Å². The van der Waals surface area contributed by atoms with Crippen molar-refractivity contribution < 1.29 is 0 Å². The summed E-state index contributed by atoms with van der Waals surface area (Å²) in [5, 5.41) is 9.62. The van der Waals surface area contributed by atoms with Gasteiger partial charge >= 0.3 is 0 Å². The lowest BCUT2D eigenvalue weighted by atomic mass is 10.1. The van der Waals surface area contributed by atoms with Gasteiger partial charge in [-0.2, -0.15) is 5.26 Å². The number of rotatable bonds is 0. The van der Waals surface area contributed by atoms with Crippen molar-refractivity contribution in [2.75, 3.05) is 0 Å². The van der Waals surface area contributed by atoms with E-state index in [-0.39, 0.29) is 0 Å². The molecule has 56 valence electrons. The number of para-hydroxylation sites is 1. The third-order valence-electron chi connectivity index (χ3n) is 1.65. The lowest BCUT2D eigenvalue weighted by molar-refractivity contribution is 1.22. The smallest absolute Gasteiger partial charge is 0.116 e. The van der Waals surface area contributed by atoms with Crippen LogP contribution in [0.1, 0.15) is 5.56 Å².